The average molecular weight is 282 g/mol. The second-order valence-electron chi connectivity index (χ2n) is 4.25. The van der Waals surface area contributed by atoms with Crippen LogP contribution in [0.2, 0.25) is 0 Å². The van der Waals surface area contributed by atoms with Crippen LogP contribution in [0.4, 0.5) is 5.69 Å². The third-order valence-corrected chi connectivity index (χ3v) is 3.89. The van der Waals surface area contributed by atoms with Crippen molar-refractivity contribution in [2.75, 3.05) is 12.0 Å². The van der Waals surface area contributed by atoms with Crippen molar-refractivity contribution < 1.29 is 4.79 Å². The summed E-state index contributed by atoms with van der Waals surface area (Å²) in [6, 6.07) is 16.4. The predicted molar refractivity (Wildman–Crippen MR) is 82.6 cm³/mol. The number of thioether (sulfide) groups is 1. The first-order chi connectivity index (χ1) is 9.69. The number of nitrogens with zero attached hydrogens (tertiary/aromatic N) is 1. The van der Waals surface area contributed by atoms with Crippen LogP contribution in [0, 0.1) is 11.3 Å². The summed E-state index contributed by atoms with van der Waals surface area (Å²) in [5.41, 5.74) is 8.21. The van der Waals surface area contributed by atoms with Crippen molar-refractivity contribution in [1.82, 2.24) is 0 Å². The highest BCUT2D eigenvalue weighted by atomic mass is 32.2. The molecule has 100 valence electrons. The maximum absolute atomic E-state index is 12.4. The van der Waals surface area contributed by atoms with E-state index in [4.69, 9.17) is 11.0 Å². The first kappa shape index (κ1) is 14.2. The van der Waals surface area contributed by atoms with Gasteiger partial charge in [-0.1, -0.05) is 42.5 Å². The molecule has 0 aliphatic rings. The summed E-state index contributed by atoms with van der Waals surface area (Å²) < 4.78 is 0. The SMILES string of the molecule is CS[C@H](C#N)c1cccc(C(=O)c2ccccc2)c1N. The molecule has 3 nitrogen and oxygen atoms in total. The molecule has 2 aromatic rings. The minimum Gasteiger partial charge on any atom is -0.398 e. The molecule has 0 fully saturated rings. The number of benzene rings is 2. The number of rotatable bonds is 4. The summed E-state index contributed by atoms with van der Waals surface area (Å²) in [5, 5.41) is 8.78. The molecule has 4 heteroatoms. The third-order valence-electron chi connectivity index (χ3n) is 3.06. The van der Waals surface area contributed by atoms with Crippen LogP contribution < -0.4 is 5.73 Å². The molecule has 0 heterocycles. The van der Waals surface area contributed by atoms with Gasteiger partial charge in [-0.05, 0) is 12.3 Å². The van der Waals surface area contributed by atoms with Gasteiger partial charge in [0.1, 0.15) is 5.25 Å². The van der Waals surface area contributed by atoms with Crippen molar-refractivity contribution in [1.29, 1.82) is 5.26 Å². The molecule has 0 spiro atoms. The van der Waals surface area contributed by atoms with E-state index in [-0.39, 0.29) is 11.0 Å². The van der Waals surface area contributed by atoms with Gasteiger partial charge in [0.25, 0.3) is 0 Å². The van der Waals surface area contributed by atoms with Crippen LogP contribution in [0.5, 0.6) is 0 Å². The normalized spacial score (nSPS) is 11.6. The Morgan fingerprint density at radius 2 is 1.90 bits per heavy atom. The van der Waals surface area contributed by atoms with Crippen LogP contribution in [0.15, 0.2) is 48.5 Å². The Labute approximate surface area is 122 Å². The van der Waals surface area contributed by atoms with Gasteiger partial charge in [-0.2, -0.15) is 5.26 Å². The molecular formula is C16H14N2OS. The summed E-state index contributed by atoms with van der Waals surface area (Å²) in [5.74, 6) is -0.122. The van der Waals surface area contributed by atoms with Crippen LogP contribution in [0.25, 0.3) is 0 Å². The highest BCUT2D eigenvalue weighted by Gasteiger charge is 2.18. The predicted octanol–water partition coefficient (Wildman–Crippen LogP) is 3.43. The molecule has 0 bridgehead atoms. The van der Waals surface area contributed by atoms with Crippen LogP contribution in [0.3, 0.4) is 0 Å². The molecule has 1 atom stereocenters. The quantitative estimate of drug-likeness (QED) is 0.689. The van der Waals surface area contributed by atoms with Crippen molar-refractivity contribution >= 4 is 23.2 Å². The minimum atomic E-state index is -0.362. The van der Waals surface area contributed by atoms with Gasteiger partial charge in [-0.15, -0.1) is 11.8 Å². The van der Waals surface area contributed by atoms with E-state index in [0.717, 1.165) is 0 Å². The molecular weight excluding hydrogens is 268 g/mol. The molecule has 0 saturated carbocycles. The summed E-state index contributed by atoms with van der Waals surface area (Å²) in [6.07, 6.45) is 1.85. The highest BCUT2D eigenvalue weighted by molar-refractivity contribution is 7.99. The fourth-order valence-electron chi connectivity index (χ4n) is 2.00. The van der Waals surface area contributed by atoms with E-state index in [2.05, 4.69) is 6.07 Å². The van der Waals surface area contributed by atoms with Gasteiger partial charge in [0.2, 0.25) is 0 Å². The fourth-order valence-corrected chi connectivity index (χ4v) is 2.57. The van der Waals surface area contributed by atoms with E-state index in [1.165, 1.54) is 11.8 Å². The first-order valence-corrected chi connectivity index (χ1v) is 7.38. The molecule has 2 N–H and O–H groups in total. The van der Waals surface area contributed by atoms with Crippen LogP contribution in [-0.4, -0.2) is 12.0 Å². The Balaban J connectivity index is 2.47. The average Bonchev–Trinajstić information content (AvgIpc) is 2.50. The second-order valence-corrected chi connectivity index (χ2v) is 5.19. The molecule has 0 aromatic heterocycles. The molecule has 0 aliphatic carbocycles. The first-order valence-electron chi connectivity index (χ1n) is 6.09. The summed E-state index contributed by atoms with van der Waals surface area (Å²) >= 11 is 1.40. The van der Waals surface area contributed by atoms with Gasteiger partial charge in [-0.3, -0.25) is 4.79 Å². The molecule has 20 heavy (non-hydrogen) atoms. The lowest BCUT2D eigenvalue weighted by molar-refractivity contribution is 0.103. The number of anilines is 1. The minimum absolute atomic E-state index is 0.122. The van der Waals surface area contributed by atoms with Crippen LogP contribution in [-0.2, 0) is 0 Å². The second kappa shape index (κ2) is 6.27. The fraction of sp³-hybridized carbons (Fsp3) is 0.125. The van der Waals surface area contributed by atoms with E-state index < -0.39 is 0 Å². The van der Waals surface area contributed by atoms with Crippen molar-refractivity contribution in [3.05, 3.63) is 65.2 Å². The number of hydrogen-bond acceptors (Lipinski definition) is 4. The summed E-state index contributed by atoms with van der Waals surface area (Å²) in [4.78, 5) is 12.4. The summed E-state index contributed by atoms with van der Waals surface area (Å²) in [6.45, 7) is 0. The number of nitrogen functional groups attached to an aromatic ring is 1. The lowest BCUT2D eigenvalue weighted by Crippen LogP contribution is -2.08. The topological polar surface area (TPSA) is 66.9 Å². The molecule has 0 radical (unpaired) electrons. The van der Waals surface area contributed by atoms with Gasteiger partial charge in [0.15, 0.2) is 5.78 Å². The van der Waals surface area contributed by atoms with Crippen LogP contribution >= 0.6 is 11.8 Å². The number of carbonyl (C=O) groups excluding carboxylic acids is 1. The number of ketones is 1. The number of carbonyl (C=O) groups is 1. The van der Waals surface area contributed by atoms with Gasteiger partial charge in [-0.25, -0.2) is 0 Å². The number of nitrogens with two attached hydrogens (primary N) is 1. The summed E-state index contributed by atoms with van der Waals surface area (Å²) in [7, 11) is 0. The molecule has 2 aromatic carbocycles. The number of para-hydroxylation sites is 1. The third kappa shape index (κ3) is 2.68. The highest BCUT2D eigenvalue weighted by Crippen LogP contribution is 2.32. The van der Waals surface area contributed by atoms with E-state index >= 15 is 0 Å². The standard InChI is InChI=1S/C16H14N2OS/c1-20-14(10-17)12-8-5-9-13(15(12)18)16(19)11-6-3-2-4-7-11/h2-9,14H,18H2,1H3/t14-/m1/s1. The van der Waals surface area contributed by atoms with Crippen molar-refractivity contribution in [2.45, 2.75) is 5.25 Å². The van der Waals surface area contributed by atoms with E-state index in [1.54, 1.807) is 30.3 Å². The van der Waals surface area contributed by atoms with Gasteiger partial charge < -0.3 is 5.73 Å². The zero-order valence-electron chi connectivity index (χ0n) is 11.0. The van der Waals surface area contributed by atoms with Crippen molar-refractivity contribution in [3.63, 3.8) is 0 Å². The Hall–Kier alpha value is -2.25. The maximum Gasteiger partial charge on any atom is 0.195 e. The lowest BCUT2D eigenvalue weighted by Gasteiger charge is -2.13. The Morgan fingerprint density at radius 3 is 2.50 bits per heavy atom. The lowest BCUT2D eigenvalue weighted by atomic mass is 9.98. The maximum atomic E-state index is 12.4. The number of nitriles is 1. The Kier molecular flexibility index (Phi) is 4.44. The Bertz CT molecular complexity index is 662. The largest absolute Gasteiger partial charge is 0.398 e. The Morgan fingerprint density at radius 1 is 1.20 bits per heavy atom. The van der Waals surface area contributed by atoms with Crippen LogP contribution in [0.1, 0.15) is 26.7 Å². The number of hydrogen-bond donors (Lipinski definition) is 1. The van der Waals surface area contributed by atoms with E-state index in [9.17, 15) is 4.79 Å². The van der Waals surface area contributed by atoms with Crippen molar-refractivity contribution in [2.24, 2.45) is 0 Å². The van der Waals surface area contributed by atoms with Crippen molar-refractivity contribution in [3.8, 4) is 6.07 Å². The zero-order valence-corrected chi connectivity index (χ0v) is 11.9. The van der Waals surface area contributed by atoms with E-state index in [1.807, 2.05) is 24.5 Å². The van der Waals surface area contributed by atoms with Gasteiger partial charge in [0, 0.05) is 22.4 Å². The molecule has 0 unspecified atom stereocenters. The smallest absolute Gasteiger partial charge is 0.195 e. The zero-order chi connectivity index (χ0) is 14.5. The van der Waals surface area contributed by atoms with Gasteiger partial charge >= 0.3 is 0 Å². The molecule has 0 aliphatic heterocycles. The van der Waals surface area contributed by atoms with Gasteiger partial charge in [0.05, 0.1) is 6.07 Å². The monoisotopic (exact) mass is 282 g/mol. The molecule has 2 rings (SSSR count). The molecule has 0 amide bonds. The molecule has 0 saturated heterocycles. The van der Waals surface area contributed by atoms with E-state index in [0.29, 0.717) is 22.4 Å².